The molecule has 0 aliphatic carbocycles. The normalized spacial score (nSPS) is 10.1. The lowest BCUT2D eigenvalue weighted by Crippen LogP contribution is -1.98. The first-order valence-electron chi connectivity index (χ1n) is 5.37. The Morgan fingerprint density at radius 1 is 1.12 bits per heavy atom. The molecule has 0 aliphatic rings. The van der Waals surface area contributed by atoms with Crippen molar-refractivity contribution in [3.8, 4) is 0 Å². The van der Waals surface area contributed by atoms with Gasteiger partial charge in [-0.1, -0.05) is 23.7 Å². The predicted molar refractivity (Wildman–Crippen MR) is 73.3 cm³/mol. The van der Waals surface area contributed by atoms with Crippen LogP contribution in [-0.2, 0) is 0 Å². The number of halogens is 1. The van der Waals surface area contributed by atoms with E-state index in [1.165, 1.54) is 0 Å². The molecule has 0 saturated carbocycles. The van der Waals surface area contributed by atoms with E-state index in [1.807, 2.05) is 50.4 Å². The maximum absolute atomic E-state index is 5.97. The van der Waals surface area contributed by atoms with Gasteiger partial charge in [0, 0.05) is 17.8 Å². The molecule has 2 rings (SSSR count). The van der Waals surface area contributed by atoms with Crippen LogP contribution in [0.4, 0.5) is 17.3 Å². The van der Waals surface area contributed by atoms with Crippen LogP contribution in [0.25, 0.3) is 0 Å². The van der Waals surface area contributed by atoms with Crippen LogP contribution in [-0.4, -0.2) is 12.0 Å². The molecule has 0 aliphatic heterocycles. The summed E-state index contributed by atoms with van der Waals surface area (Å²) in [5.74, 6) is 1.62. The van der Waals surface area contributed by atoms with Crippen molar-refractivity contribution in [2.24, 2.45) is 0 Å². The number of aryl methyl sites for hydroxylation is 1. The van der Waals surface area contributed by atoms with E-state index < -0.39 is 0 Å². The number of anilines is 3. The molecule has 2 aromatic rings. The highest BCUT2D eigenvalue weighted by molar-refractivity contribution is 6.30. The van der Waals surface area contributed by atoms with Gasteiger partial charge >= 0.3 is 0 Å². The standard InChI is InChI=1S/C13H14ClN3/c1-9-6-7-10(14)8-11(9)16-13-5-3-4-12(15-2)17-13/h3-8H,1-2H3,(H2,15,16,17). The molecule has 17 heavy (non-hydrogen) atoms. The maximum Gasteiger partial charge on any atom is 0.132 e. The summed E-state index contributed by atoms with van der Waals surface area (Å²) in [6.07, 6.45) is 0. The molecule has 3 nitrogen and oxygen atoms in total. The smallest absolute Gasteiger partial charge is 0.132 e. The van der Waals surface area contributed by atoms with Gasteiger partial charge in [0.05, 0.1) is 0 Å². The zero-order chi connectivity index (χ0) is 12.3. The molecule has 1 heterocycles. The number of aromatic nitrogens is 1. The average Bonchev–Trinajstić information content (AvgIpc) is 2.34. The quantitative estimate of drug-likeness (QED) is 0.866. The van der Waals surface area contributed by atoms with Crippen molar-refractivity contribution in [2.45, 2.75) is 6.92 Å². The molecule has 2 N–H and O–H groups in total. The van der Waals surface area contributed by atoms with Crippen LogP contribution in [0.2, 0.25) is 5.02 Å². The van der Waals surface area contributed by atoms with Gasteiger partial charge in [0.15, 0.2) is 0 Å². The minimum absolute atomic E-state index is 0.711. The fraction of sp³-hybridized carbons (Fsp3) is 0.154. The zero-order valence-corrected chi connectivity index (χ0v) is 10.5. The number of nitrogens with one attached hydrogen (secondary N) is 2. The lowest BCUT2D eigenvalue weighted by Gasteiger charge is -2.10. The third-order valence-corrected chi connectivity index (χ3v) is 2.70. The summed E-state index contributed by atoms with van der Waals surface area (Å²) in [5.41, 5.74) is 2.10. The highest BCUT2D eigenvalue weighted by atomic mass is 35.5. The zero-order valence-electron chi connectivity index (χ0n) is 9.79. The summed E-state index contributed by atoms with van der Waals surface area (Å²) in [4.78, 5) is 4.39. The van der Waals surface area contributed by atoms with Crippen LogP contribution in [0.1, 0.15) is 5.56 Å². The highest BCUT2D eigenvalue weighted by Crippen LogP contribution is 2.23. The van der Waals surface area contributed by atoms with Gasteiger partial charge in [0.25, 0.3) is 0 Å². The van der Waals surface area contributed by atoms with E-state index in [1.54, 1.807) is 0 Å². The lowest BCUT2D eigenvalue weighted by atomic mass is 10.2. The van der Waals surface area contributed by atoms with Crippen molar-refractivity contribution in [1.29, 1.82) is 0 Å². The predicted octanol–water partition coefficient (Wildman–Crippen LogP) is 3.83. The van der Waals surface area contributed by atoms with Gasteiger partial charge in [0.1, 0.15) is 11.6 Å². The minimum Gasteiger partial charge on any atom is -0.373 e. The van der Waals surface area contributed by atoms with Crippen LogP contribution in [0.5, 0.6) is 0 Å². The van der Waals surface area contributed by atoms with Gasteiger partial charge in [-0.3, -0.25) is 0 Å². The van der Waals surface area contributed by atoms with E-state index >= 15 is 0 Å². The van der Waals surface area contributed by atoms with E-state index in [0.29, 0.717) is 5.02 Å². The van der Waals surface area contributed by atoms with Gasteiger partial charge in [0.2, 0.25) is 0 Å². The Morgan fingerprint density at radius 3 is 2.65 bits per heavy atom. The summed E-state index contributed by atoms with van der Waals surface area (Å²) in [6, 6.07) is 11.5. The van der Waals surface area contributed by atoms with Gasteiger partial charge in [-0.2, -0.15) is 0 Å². The Balaban J connectivity index is 2.27. The van der Waals surface area contributed by atoms with Crippen LogP contribution in [0.3, 0.4) is 0 Å². The third kappa shape index (κ3) is 2.88. The first-order valence-corrected chi connectivity index (χ1v) is 5.75. The summed E-state index contributed by atoms with van der Waals surface area (Å²) < 4.78 is 0. The second-order valence-electron chi connectivity index (χ2n) is 3.74. The minimum atomic E-state index is 0.711. The molecule has 0 fully saturated rings. The first-order chi connectivity index (χ1) is 8.19. The van der Waals surface area contributed by atoms with Crippen LogP contribution in [0, 0.1) is 6.92 Å². The molecule has 0 radical (unpaired) electrons. The number of nitrogens with zero attached hydrogens (tertiary/aromatic N) is 1. The van der Waals surface area contributed by atoms with Gasteiger partial charge in [-0.25, -0.2) is 4.98 Å². The Morgan fingerprint density at radius 2 is 1.88 bits per heavy atom. The largest absolute Gasteiger partial charge is 0.373 e. The second-order valence-corrected chi connectivity index (χ2v) is 4.18. The Kier molecular flexibility index (Phi) is 3.49. The van der Waals surface area contributed by atoms with Gasteiger partial charge in [-0.05, 0) is 36.8 Å². The number of hydrogen-bond donors (Lipinski definition) is 2. The highest BCUT2D eigenvalue weighted by Gasteiger charge is 2.01. The molecule has 4 heteroatoms. The van der Waals surface area contributed by atoms with E-state index in [9.17, 15) is 0 Å². The van der Waals surface area contributed by atoms with Crippen LogP contribution in [0.15, 0.2) is 36.4 Å². The van der Waals surface area contributed by atoms with Crippen molar-refractivity contribution in [3.63, 3.8) is 0 Å². The summed E-state index contributed by atoms with van der Waals surface area (Å²) >= 11 is 5.97. The summed E-state index contributed by atoms with van der Waals surface area (Å²) in [5, 5.41) is 6.97. The van der Waals surface area contributed by atoms with E-state index in [-0.39, 0.29) is 0 Å². The third-order valence-electron chi connectivity index (χ3n) is 2.47. The molecular weight excluding hydrogens is 234 g/mol. The van der Waals surface area contributed by atoms with E-state index in [2.05, 4.69) is 15.6 Å². The Bertz CT molecular complexity index is 526. The summed E-state index contributed by atoms with van der Waals surface area (Å²) in [7, 11) is 1.84. The Labute approximate surface area is 106 Å². The Hall–Kier alpha value is -1.74. The number of rotatable bonds is 3. The molecule has 0 bridgehead atoms. The van der Waals surface area contributed by atoms with Crippen molar-refractivity contribution in [2.75, 3.05) is 17.7 Å². The molecular formula is C13H14ClN3. The van der Waals surface area contributed by atoms with Crippen molar-refractivity contribution < 1.29 is 0 Å². The molecule has 0 atom stereocenters. The van der Waals surface area contributed by atoms with Gasteiger partial charge < -0.3 is 10.6 Å². The molecule has 1 aromatic carbocycles. The fourth-order valence-corrected chi connectivity index (χ4v) is 1.68. The van der Waals surface area contributed by atoms with Crippen molar-refractivity contribution in [1.82, 2.24) is 4.98 Å². The van der Waals surface area contributed by atoms with Crippen molar-refractivity contribution in [3.05, 3.63) is 47.0 Å². The molecule has 0 spiro atoms. The molecule has 0 amide bonds. The monoisotopic (exact) mass is 247 g/mol. The first kappa shape index (κ1) is 11.7. The second kappa shape index (κ2) is 5.06. The van der Waals surface area contributed by atoms with E-state index in [4.69, 9.17) is 11.6 Å². The molecule has 0 unspecified atom stereocenters. The van der Waals surface area contributed by atoms with Crippen LogP contribution >= 0.6 is 11.6 Å². The van der Waals surface area contributed by atoms with E-state index in [0.717, 1.165) is 22.9 Å². The molecule has 88 valence electrons. The fourth-order valence-electron chi connectivity index (χ4n) is 1.51. The molecule has 0 saturated heterocycles. The lowest BCUT2D eigenvalue weighted by molar-refractivity contribution is 1.27. The number of pyridine rings is 1. The van der Waals surface area contributed by atoms with Crippen LogP contribution < -0.4 is 10.6 Å². The SMILES string of the molecule is CNc1cccc(Nc2cc(Cl)ccc2C)n1. The summed E-state index contributed by atoms with van der Waals surface area (Å²) in [6.45, 7) is 2.03. The number of hydrogen-bond acceptors (Lipinski definition) is 3. The number of benzene rings is 1. The van der Waals surface area contributed by atoms with Gasteiger partial charge in [-0.15, -0.1) is 0 Å². The van der Waals surface area contributed by atoms with Crippen molar-refractivity contribution >= 4 is 28.9 Å². The maximum atomic E-state index is 5.97. The average molecular weight is 248 g/mol. The molecule has 1 aromatic heterocycles. The topological polar surface area (TPSA) is 37.0 Å².